The van der Waals surface area contributed by atoms with Gasteiger partial charge < -0.3 is 5.11 Å². The molecule has 134 valence electrons. The van der Waals surface area contributed by atoms with Gasteiger partial charge in [0.05, 0.1) is 17.1 Å². The second-order valence-corrected chi connectivity index (χ2v) is 7.19. The molecule has 27 heavy (non-hydrogen) atoms. The summed E-state index contributed by atoms with van der Waals surface area (Å²) in [4.78, 5) is 20.7. The Morgan fingerprint density at radius 3 is 2.67 bits per heavy atom. The van der Waals surface area contributed by atoms with Crippen LogP contribution in [0.2, 0.25) is 5.02 Å². The minimum Gasteiger partial charge on any atom is -0.476 e. The average molecular weight is 382 g/mol. The molecule has 7 heteroatoms. The first-order valence-corrected chi connectivity index (χ1v) is 8.84. The van der Waals surface area contributed by atoms with Gasteiger partial charge in [-0.3, -0.25) is 9.56 Å². The zero-order valence-electron chi connectivity index (χ0n) is 14.0. The van der Waals surface area contributed by atoms with Crippen molar-refractivity contribution in [2.45, 2.75) is 18.4 Å². The van der Waals surface area contributed by atoms with Crippen molar-refractivity contribution in [3.8, 4) is 5.69 Å². The molecule has 2 aromatic carbocycles. The van der Waals surface area contributed by atoms with E-state index >= 15 is 0 Å². The average Bonchev–Trinajstić information content (AvgIpc) is 3.30. The second-order valence-electron chi connectivity index (χ2n) is 6.75. The van der Waals surface area contributed by atoms with Crippen LogP contribution in [0, 0.1) is 5.82 Å². The molecular formula is C20H13ClFN3O2. The Bertz CT molecular complexity index is 1150. The molecule has 1 aliphatic heterocycles. The van der Waals surface area contributed by atoms with E-state index in [1.54, 1.807) is 41.0 Å². The van der Waals surface area contributed by atoms with Gasteiger partial charge in [0.1, 0.15) is 17.7 Å². The largest absolute Gasteiger partial charge is 0.476 e. The van der Waals surface area contributed by atoms with E-state index in [9.17, 15) is 14.3 Å². The zero-order chi connectivity index (χ0) is 18.8. The van der Waals surface area contributed by atoms with Crippen molar-refractivity contribution >= 4 is 23.3 Å². The fraction of sp³-hybridized carbons (Fsp3) is 0.150. The number of hydrogen-bond acceptors (Lipinski definition) is 3. The van der Waals surface area contributed by atoms with Crippen molar-refractivity contribution in [2.24, 2.45) is 4.99 Å². The molecule has 1 fully saturated rings. The summed E-state index contributed by atoms with van der Waals surface area (Å²) in [5.74, 6) is -1.49. The number of hydrogen-bond donors (Lipinski definition) is 1. The van der Waals surface area contributed by atoms with Gasteiger partial charge in [-0.1, -0.05) is 23.7 Å². The summed E-state index contributed by atoms with van der Waals surface area (Å²) in [5, 5.41) is 10.1. The van der Waals surface area contributed by atoms with Crippen molar-refractivity contribution in [2.75, 3.05) is 0 Å². The molecular weight excluding hydrogens is 369 g/mol. The number of halogens is 2. The monoisotopic (exact) mass is 381 g/mol. The fourth-order valence-electron chi connectivity index (χ4n) is 3.69. The molecule has 2 heterocycles. The van der Waals surface area contributed by atoms with E-state index in [2.05, 4.69) is 4.98 Å². The van der Waals surface area contributed by atoms with Crippen LogP contribution in [0.1, 0.15) is 40.2 Å². The first-order chi connectivity index (χ1) is 13.0. The van der Waals surface area contributed by atoms with E-state index in [4.69, 9.17) is 16.6 Å². The van der Waals surface area contributed by atoms with Gasteiger partial charge in [-0.15, -0.1) is 0 Å². The molecule has 0 saturated heterocycles. The van der Waals surface area contributed by atoms with Gasteiger partial charge in [0, 0.05) is 16.1 Å². The third-order valence-electron chi connectivity index (χ3n) is 5.06. The summed E-state index contributed by atoms with van der Waals surface area (Å²) >= 11 is 6.22. The second kappa shape index (κ2) is 5.50. The van der Waals surface area contributed by atoms with Crippen molar-refractivity contribution in [3.63, 3.8) is 0 Å². The number of benzene rings is 2. The molecule has 3 aromatic rings. The smallest absolute Gasteiger partial charge is 0.356 e. The van der Waals surface area contributed by atoms with Gasteiger partial charge in [-0.05, 0) is 43.2 Å². The SMILES string of the molecule is O=C(O)c1ncn2c1C1(CC1)N=C(c1ccccc1F)c1cc(Cl)ccc1-2. The van der Waals surface area contributed by atoms with Gasteiger partial charge in [0.2, 0.25) is 0 Å². The predicted octanol–water partition coefficient (Wildman–Crippen LogP) is 4.20. The van der Waals surface area contributed by atoms with Crippen molar-refractivity contribution in [1.82, 2.24) is 9.55 Å². The Balaban J connectivity index is 1.88. The van der Waals surface area contributed by atoms with Crippen LogP contribution >= 0.6 is 11.6 Å². The number of aromatic carboxylic acids is 1. The van der Waals surface area contributed by atoms with Gasteiger partial charge in [0.15, 0.2) is 5.69 Å². The first-order valence-electron chi connectivity index (χ1n) is 8.46. The summed E-state index contributed by atoms with van der Waals surface area (Å²) in [6, 6.07) is 11.7. The molecule has 0 bridgehead atoms. The van der Waals surface area contributed by atoms with E-state index in [1.165, 1.54) is 12.4 Å². The minimum absolute atomic E-state index is 0.0214. The summed E-state index contributed by atoms with van der Waals surface area (Å²) in [7, 11) is 0. The maximum atomic E-state index is 14.6. The molecule has 5 rings (SSSR count). The number of aromatic nitrogens is 2. The Morgan fingerprint density at radius 1 is 1.19 bits per heavy atom. The number of aliphatic imine (C=N–C) groups is 1. The predicted molar refractivity (Wildman–Crippen MR) is 98.5 cm³/mol. The van der Waals surface area contributed by atoms with Crippen molar-refractivity contribution < 1.29 is 14.3 Å². The lowest BCUT2D eigenvalue weighted by Crippen LogP contribution is -2.15. The van der Waals surface area contributed by atoms with Crippen LogP contribution in [0.4, 0.5) is 4.39 Å². The van der Waals surface area contributed by atoms with Gasteiger partial charge in [-0.25, -0.2) is 14.2 Å². The first kappa shape index (κ1) is 16.2. The molecule has 0 atom stereocenters. The molecule has 1 N–H and O–H groups in total. The van der Waals surface area contributed by atoms with Crippen LogP contribution in [-0.4, -0.2) is 26.3 Å². The van der Waals surface area contributed by atoms with E-state index in [0.29, 0.717) is 46.1 Å². The number of carboxylic acid groups (broad SMARTS) is 1. The summed E-state index contributed by atoms with van der Waals surface area (Å²) in [6.07, 6.45) is 2.85. The van der Waals surface area contributed by atoms with Crippen molar-refractivity contribution in [3.05, 3.63) is 82.1 Å². The highest BCUT2D eigenvalue weighted by Gasteiger charge is 2.51. The number of rotatable bonds is 2. The fourth-order valence-corrected chi connectivity index (χ4v) is 3.87. The maximum Gasteiger partial charge on any atom is 0.356 e. The Hall–Kier alpha value is -2.99. The lowest BCUT2D eigenvalue weighted by Gasteiger charge is -2.12. The topological polar surface area (TPSA) is 67.5 Å². The molecule has 1 spiro atoms. The number of carboxylic acids is 1. The van der Waals surface area contributed by atoms with Crippen molar-refractivity contribution in [1.29, 1.82) is 0 Å². The summed E-state index contributed by atoms with van der Waals surface area (Å²) in [5.41, 5.74) is 1.96. The lowest BCUT2D eigenvalue weighted by atomic mass is 10.00. The summed E-state index contributed by atoms with van der Waals surface area (Å²) < 4.78 is 16.4. The van der Waals surface area contributed by atoms with Gasteiger partial charge in [-0.2, -0.15) is 0 Å². The number of fused-ring (bicyclic) bond motifs is 4. The van der Waals surface area contributed by atoms with Crippen LogP contribution < -0.4 is 0 Å². The molecule has 2 aliphatic rings. The highest BCUT2D eigenvalue weighted by Crippen LogP contribution is 2.53. The van der Waals surface area contributed by atoms with Crippen LogP contribution in [0.3, 0.4) is 0 Å². The quantitative estimate of drug-likeness (QED) is 0.723. The normalized spacial score (nSPS) is 16.3. The van der Waals surface area contributed by atoms with E-state index < -0.39 is 11.5 Å². The molecule has 5 nitrogen and oxygen atoms in total. The highest BCUT2D eigenvalue weighted by molar-refractivity contribution is 6.31. The number of carbonyl (C=O) groups is 1. The Labute approximate surface area is 158 Å². The third-order valence-corrected chi connectivity index (χ3v) is 5.30. The maximum absolute atomic E-state index is 14.6. The van der Waals surface area contributed by atoms with Crippen LogP contribution in [0.25, 0.3) is 5.69 Å². The summed E-state index contributed by atoms with van der Waals surface area (Å²) in [6.45, 7) is 0. The van der Waals surface area contributed by atoms with Gasteiger partial charge in [0.25, 0.3) is 0 Å². The van der Waals surface area contributed by atoms with E-state index in [-0.39, 0.29) is 11.5 Å². The van der Waals surface area contributed by atoms with Crippen LogP contribution in [0.5, 0.6) is 0 Å². The molecule has 0 radical (unpaired) electrons. The molecule has 0 amide bonds. The number of imidazole rings is 1. The Kier molecular flexibility index (Phi) is 3.30. The van der Waals surface area contributed by atoms with Crippen LogP contribution in [-0.2, 0) is 5.54 Å². The molecule has 0 unspecified atom stereocenters. The van der Waals surface area contributed by atoms with E-state index in [0.717, 1.165) is 0 Å². The zero-order valence-corrected chi connectivity index (χ0v) is 14.7. The molecule has 1 saturated carbocycles. The minimum atomic E-state index is -1.10. The molecule has 1 aromatic heterocycles. The Morgan fingerprint density at radius 2 is 1.96 bits per heavy atom. The van der Waals surface area contributed by atoms with Gasteiger partial charge >= 0.3 is 5.97 Å². The third kappa shape index (κ3) is 2.33. The highest BCUT2D eigenvalue weighted by atomic mass is 35.5. The van der Waals surface area contributed by atoms with Crippen LogP contribution in [0.15, 0.2) is 53.8 Å². The van der Waals surface area contributed by atoms with E-state index in [1.807, 2.05) is 0 Å². The molecule has 1 aliphatic carbocycles. The lowest BCUT2D eigenvalue weighted by molar-refractivity contribution is 0.0688. The standard InChI is InChI=1S/C20H13ClFN3O2/c21-11-5-6-15-13(9-11)16(12-3-1-2-4-14(12)22)24-20(7-8-20)18-17(19(26)27)23-10-25(15)18/h1-6,9-10H,7-8H2,(H,26,27). The number of nitrogens with zero attached hydrogens (tertiary/aromatic N) is 3.